The molecule has 0 spiro atoms. The Morgan fingerprint density at radius 1 is 1.20 bits per heavy atom. The van der Waals surface area contributed by atoms with Crippen LogP contribution >= 0.6 is 0 Å². The van der Waals surface area contributed by atoms with Gasteiger partial charge in [0, 0.05) is 18.7 Å². The largest absolute Gasteiger partial charge is 0.378 e. The number of morpholine rings is 1. The Bertz CT molecular complexity index is 472. The Balaban J connectivity index is 1.74. The summed E-state index contributed by atoms with van der Waals surface area (Å²) in [6, 6.07) is 8.67. The number of piperazine rings is 1. The van der Waals surface area contributed by atoms with Crippen LogP contribution < -0.4 is 0 Å². The zero-order valence-corrected chi connectivity index (χ0v) is 12.2. The monoisotopic (exact) mass is 274 g/mol. The van der Waals surface area contributed by atoms with Gasteiger partial charge in [0.25, 0.3) is 5.91 Å². The second-order valence-electron chi connectivity index (χ2n) is 5.77. The molecule has 1 aromatic carbocycles. The summed E-state index contributed by atoms with van der Waals surface area (Å²) in [6.45, 7) is 5.11. The van der Waals surface area contributed by atoms with Crippen molar-refractivity contribution in [3.8, 4) is 0 Å². The van der Waals surface area contributed by atoms with Crippen LogP contribution in [0.1, 0.15) is 22.8 Å². The lowest BCUT2D eigenvalue weighted by atomic mass is 10.0. The Morgan fingerprint density at radius 2 is 1.80 bits per heavy atom. The molecule has 2 fully saturated rings. The maximum Gasteiger partial charge on any atom is 0.253 e. The zero-order chi connectivity index (χ0) is 14.1. The molecule has 2 bridgehead atoms. The van der Waals surface area contributed by atoms with Gasteiger partial charge in [-0.2, -0.15) is 0 Å². The second-order valence-corrected chi connectivity index (χ2v) is 5.77. The summed E-state index contributed by atoms with van der Waals surface area (Å²) in [5, 5.41) is 0. The molecule has 20 heavy (non-hydrogen) atoms. The van der Waals surface area contributed by atoms with Crippen molar-refractivity contribution in [3.05, 3.63) is 35.4 Å². The molecular weight excluding hydrogens is 252 g/mol. The quantitative estimate of drug-likeness (QED) is 0.817. The normalized spacial score (nSPS) is 26.6. The number of hydrogen-bond donors (Lipinski definition) is 0. The number of fused-ring (bicyclic) bond motifs is 2. The molecule has 2 unspecified atom stereocenters. The van der Waals surface area contributed by atoms with Crippen molar-refractivity contribution < 1.29 is 9.53 Å². The summed E-state index contributed by atoms with van der Waals surface area (Å²) in [5.74, 6) is 0.151. The van der Waals surface area contributed by atoms with Gasteiger partial charge in [-0.3, -0.25) is 9.69 Å². The highest BCUT2D eigenvalue weighted by Gasteiger charge is 2.37. The van der Waals surface area contributed by atoms with Gasteiger partial charge in [0.1, 0.15) is 0 Å². The third-order valence-electron chi connectivity index (χ3n) is 4.53. The standard InChI is InChI=1S/C16H22N2O2/c1-3-12-4-6-13(7-5-12)16(19)18-8-14-10-20-11-15(9-18)17(14)2/h4-7,14-15H,3,8-11H2,1-2H3. The molecule has 0 aromatic heterocycles. The second kappa shape index (κ2) is 5.54. The zero-order valence-electron chi connectivity index (χ0n) is 12.2. The molecule has 4 heteroatoms. The van der Waals surface area contributed by atoms with Crippen LogP contribution in [0.25, 0.3) is 0 Å². The molecule has 3 rings (SSSR count). The fraction of sp³-hybridized carbons (Fsp3) is 0.562. The predicted molar refractivity (Wildman–Crippen MR) is 77.9 cm³/mol. The SMILES string of the molecule is CCc1ccc(C(=O)N2CC3COCC(C2)N3C)cc1. The minimum Gasteiger partial charge on any atom is -0.378 e. The van der Waals surface area contributed by atoms with E-state index in [0.717, 1.165) is 38.3 Å². The van der Waals surface area contributed by atoms with Gasteiger partial charge in [-0.15, -0.1) is 0 Å². The van der Waals surface area contributed by atoms with E-state index in [0.29, 0.717) is 12.1 Å². The first-order valence-electron chi connectivity index (χ1n) is 7.37. The van der Waals surface area contributed by atoms with E-state index in [1.54, 1.807) is 0 Å². The highest BCUT2D eigenvalue weighted by Crippen LogP contribution is 2.21. The summed E-state index contributed by atoms with van der Waals surface area (Å²) >= 11 is 0. The van der Waals surface area contributed by atoms with Crippen LogP contribution in [0, 0.1) is 0 Å². The van der Waals surface area contributed by atoms with E-state index < -0.39 is 0 Å². The minimum atomic E-state index is 0.151. The number of hydrogen-bond acceptors (Lipinski definition) is 3. The molecule has 0 radical (unpaired) electrons. The first-order chi connectivity index (χ1) is 9.69. The van der Waals surface area contributed by atoms with E-state index in [1.807, 2.05) is 29.2 Å². The molecule has 4 nitrogen and oxygen atoms in total. The van der Waals surface area contributed by atoms with Gasteiger partial charge in [0.05, 0.1) is 25.3 Å². The smallest absolute Gasteiger partial charge is 0.253 e. The van der Waals surface area contributed by atoms with Crippen LogP contribution in [0.5, 0.6) is 0 Å². The molecule has 108 valence electrons. The summed E-state index contributed by atoms with van der Waals surface area (Å²) in [4.78, 5) is 16.9. The third kappa shape index (κ3) is 2.45. The molecule has 0 N–H and O–H groups in total. The van der Waals surface area contributed by atoms with Gasteiger partial charge >= 0.3 is 0 Å². The van der Waals surface area contributed by atoms with Crippen LogP contribution in [-0.4, -0.2) is 61.1 Å². The van der Waals surface area contributed by atoms with Gasteiger partial charge in [0.15, 0.2) is 0 Å². The van der Waals surface area contributed by atoms with Gasteiger partial charge in [-0.25, -0.2) is 0 Å². The van der Waals surface area contributed by atoms with Crippen LogP contribution in [0.4, 0.5) is 0 Å². The Morgan fingerprint density at radius 3 is 2.35 bits per heavy atom. The van der Waals surface area contributed by atoms with Crippen molar-refractivity contribution in [3.63, 3.8) is 0 Å². The summed E-state index contributed by atoms with van der Waals surface area (Å²) in [6.07, 6.45) is 1.00. The first kappa shape index (κ1) is 13.6. The van der Waals surface area contributed by atoms with Crippen LogP contribution in [0.3, 0.4) is 0 Å². The van der Waals surface area contributed by atoms with Crippen LogP contribution in [0.15, 0.2) is 24.3 Å². The Hall–Kier alpha value is -1.39. The Labute approximate surface area is 120 Å². The number of likely N-dealkylation sites (N-methyl/N-ethyl adjacent to an activating group) is 1. The van der Waals surface area contributed by atoms with Gasteiger partial charge in [-0.1, -0.05) is 19.1 Å². The van der Waals surface area contributed by atoms with Crippen LogP contribution in [0.2, 0.25) is 0 Å². The molecule has 2 atom stereocenters. The summed E-state index contributed by atoms with van der Waals surface area (Å²) in [7, 11) is 2.13. The number of aryl methyl sites for hydroxylation is 1. The maximum atomic E-state index is 12.6. The van der Waals surface area contributed by atoms with E-state index in [2.05, 4.69) is 18.9 Å². The summed E-state index contributed by atoms with van der Waals surface area (Å²) in [5.41, 5.74) is 2.07. The van der Waals surface area contributed by atoms with E-state index >= 15 is 0 Å². The van der Waals surface area contributed by atoms with Crippen molar-refractivity contribution in [2.45, 2.75) is 25.4 Å². The van der Waals surface area contributed by atoms with E-state index in [1.165, 1.54) is 5.56 Å². The maximum absolute atomic E-state index is 12.6. The lowest BCUT2D eigenvalue weighted by Crippen LogP contribution is -2.64. The highest BCUT2D eigenvalue weighted by atomic mass is 16.5. The van der Waals surface area contributed by atoms with Gasteiger partial charge in [0.2, 0.25) is 0 Å². The van der Waals surface area contributed by atoms with Crippen molar-refractivity contribution in [1.29, 1.82) is 0 Å². The predicted octanol–water partition coefficient (Wildman–Crippen LogP) is 1.40. The lowest BCUT2D eigenvalue weighted by molar-refractivity contribution is -0.0776. The number of carbonyl (C=O) groups excluding carboxylic acids is 1. The van der Waals surface area contributed by atoms with Gasteiger partial charge < -0.3 is 9.64 Å². The molecule has 1 aromatic rings. The number of amides is 1. The molecular formula is C16H22N2O2. The number of carbonyl (C=O) groups is 1. The molecule has 2 aliphatic rings. The third-order valence-corrected chi connectivity index (χ3v) is 4.53. The van der Waals surface area contributed by atoms with Gasteiger partial charge in [-0.05, 0) is 31.2 Å². The lowest BCUT2D eigenvalue weighted by Gasteiger charge is -2.48. The number of benzene rings is 1. The molecule has 0 aliphatic carbocycles. The first-order valence-corrected chi connectivity index (χ1v) is 7.37. The molecule has 1 amide bonds. The average Bonchev–Trinajstić information content (AvgIpc) is 2.46. The van der Waals surface area contributed by atoms with E-state index in [4.69, 9.17) is 4.74 Å². The number of rotatable bonds is 2. The van der Waals surface area contributed by atoms with E-state index in [9.17, 15) is 4.79 Å². The molecule has 0 saturated carbocycles. The number of ether oxygens (including phenoxy) is 1. The van der Waals surface area contributed by atoms with Crippen LogP contribution in [-0.2, 0) is 11.2 Å². The van der Waals surface area contributed by atoms with Crippen molar-refractivity contribution >= 4 is 5.91 Å². The van der Waals surface area contributed by atoms with E-state index in [-0.39, 0.29) is 5.91 Å². The highest BCUT2D eigenvalue weighted by molar-refractivity contribution is 5.94. The molecule has 2 saturated heterocycles. The Kier molecular flexibility index (Phi) is 3.76. The average molecular weight is 274 g/mol. The van der Waals surface area contributed by atoms with Crippen molar-refractivity contribution in [2.24, 2.45) is 0 Å². The topological polar surface area (TPSA) is 32.8 Å². The fourth-order valence-corrected chi connectivity index (χ4v) is 3.05. The number of nitrogens with zero attached hydrogens (tertiary/aromatic N) is 2. The summed E-state index contributed by atoms with van der Waals surface area (Å²) < 4.78 is 5.59. The molecule has 2 heterocycles. The fourth-order valence-electron chi connectivity index (χ4n) is 3.05. The van der Waals surface area contributed by atoms with Crippen molar-refractivity contribution in [1.82, 2.24) is 9.80 Å². The van der Waals surface area contributed by atoms with Crippen molar-refractivity contribution in [2.75, 3.05) is 33.4 Å². The molecule has 2 aliphatic heterocycles. The minimum absolute atomic E-state index is 0.151.